The molecule has 19 heavy (non-hydrogen) atoms. The molecule has 2 rings (SSSR count). The van der Waals surface area contributed by atoms with Gasteiger partial charge < -0.3 is 15.2 Å². The number of likely N-dealkylation sites (N-methyl/N-ethyl adjacent to an activating group) is 1. The Morgan fingerprint density at radius 2 is 2.58 bits per heavy atom. The van der Waals surface area contributed by atoms with Gasteiger partial charge in [-0.3, -0.25) is 14.8 Å². The molecule has 1 saturated heterocycles. The van der Waals surface area contributed by atoms with Crippen LogP contribution in [0, 0.1) is 0 Å². The monoisotopic (exact) mass is 268 g/mol. The van der Waals surface area contributed by atoms with E-state index in [9.17, 15) is 9.90 Å². The molecule has 7 nitrogen and oxygen atoms in total. The highest BCUT2D eigenvalue weighted by atomic mass is 16.5. The molecule has 0 spiro atoms. The highest BCUT2D eigenvalue weighted by molar-refractivity contribution is 5.93. The van der Waals surface area contributed by atoms with E-state index in [2.05, 4.69) is 20.4 Å². The Balaban J connectivity index is 2.00. The van der Waals surface area contributed by atoms with Crippen molar-refractivity contribution in [2.45, 2.75) is 18.5 Å². The SMILES string of the molecule is C[C@@H]1COC[C@@](CO)(CNC(=O)c2cn[nH]c2)N1C. The van der Waals surface area contributed by atoms with Gasteiger partial charge in [-0.25, -0.2) is 0 Å². The molecule has 0 radical (unpaired) electrons. The zero-order valence-electron chi connectivity index (χ0n) is 11.2. The summed E-state index contributed by atoms with van der Waals surface area (Å²) < 4.78 is 5.51. The van der Waals surface area contributed by atoms with Crippen LogP contribution in [0.1, 0.15) is 17.3 Å². The summed E-state index contributed by atoms with van der Waals surface area (Å²) in [5.74, 6) is -0.215. The molecule has 0 aromatic carbocycles. The maximum absolute atomic E-state index is 11.9. The Morgan fingerprint density at radius 3 is 3.21 bits per heavy atom. The molecule has 1 aromatic rings. The van der Waals surface area contributed by atoms with Crippen LogP contribution in [0.4, 0.5) is 0 Å². The standard InChI is InChI=1S/C12H20N4O3/c1-9-5-19-8-12(7-17,16(9)2)6-13-11(18)10-3-14-15-4-10/h3-4,9,17H,5-8H2,1-2H3,(H,13,18)(H,14,15)/t9-,12+/m1/s1. The van der Waals surface area contributed by atoms with Crippen molar-refractivity contribution < 1.29 is 14.6 Å². The number of carbonyl (C=O) groups excluding carboxylic acids is 1. The largest absolute Gasteiger partial charge is 0.394 e. The lowest BCUT2D eigenvalue weighted by Crippen LogP contribution is -2.65. The summed E-state index contributed by atoms with van der Waals surface area (Å²) in [6.45, 7) is 3.32. The van der Waals surface area contributed by atoms with Gasteiger partial charge in [0.15, 0.2) is 0 Å². The van der Waals surface area contributed by atoms with Crippen LogP contribution in [-0.2, 0) is 4.74 Å². The summed E-state index contributed by atoms with van der Waals surface area (Å²) in [4.78, 5) is 13.9. The van der Waals surface area contributed by atoms with Gasteiger partial charge in [-0.15, -0.1) is 0 Å². The molecule has 1 aliphatic rings. The second-order valence-electron chi connectivity index (χ2n) is 5.03. The van der Waals surface area contributed by atoms with Gasteiger partial charge in [0.2, 0.25) is 0 Å². The van der Waals surface area contributed by atoms with Crippen molar-refractivity contribution in [3.8, 4) is 0 Å². The highest BCUT2D eigenvalue weighted by Gasteiger charge is 2.40. The molecule has 0 unspecified atom stereocenters. The number of rotatable bonds is 4. The number of amides is 1. The molecule has 7 heteroatoms. The number of nitrogens with one attached hydrogen (secondary N) is 2. The van der Waals surface area contributed by atoms with Crippen LogP contribution >= 0.6 is 0 Å². The molecule has 1 fully saturated rings. The number of aromatic nitrogens is 2. The molecule has 1 aliphatic heterocycles. The third-order valence-corrected chi connectivity index (χ3v) is 3.77. The third-order valence-electron chi connectivity index (χ3n) is 3.77. The van der Waals surface area contributed by atoms with Crippen LogP contribution in [0.5, 0.6) is 0 Å². The summed E-state index contributed by atoms with van der Waals surface area (Å²) >= 11 is 0. The normalized spacial score (nSPS) is 28.3. The first-order valence-corrected chi connectivity index (χ1v) is 6.27. The molecule has 0 saturated carbocycles. The van der Waals surface area contributed by atoms with Crippen LogP contribution in [-0.4, -0.2) is 71.1 Å². The Bertz CT molecular complexity index is 423. The van der Waals surface area contributed by atoms with Crippen molar-refractivity contribution >= 4 is 5.91 Å². The lowest BCUT2D eigenvalue weighted by molar-refractivity contribution is -0.105. The zero-order valence-corrected chi connectivity index (χ0v) is 11.2. The summed E-state index contributed by atoms with van der Waals surface area (Å²) in [6.07, 6.45) is 3.00. The van der Waals surface area contributed by atoms with Crippen molar-refractivity contribution in [2.75, 3.05) is 33.4 Å². The fourth-order valence-electron chi connectivity index (χ4n) is 2.21. The number of aromatic amines is 1. The lowest BCUT2D eigenvalue weighted by atomic mass is 9.96. The molecule has 3 N–H and O–H groups in total. The number of aliphatic hydroxyl groups is 1. The summed E-state index contributed by atoms with van der Waals surface area (Å²) in [7, 11) is 1.94. The van der Waals surface area contributed by atoms with E-state index in [0.717, 1.165) is 0 Å². The van der Waals surface area contributed by atoms with Gasteiger partial charge in [0.05, 0.1) is 37.1 Å². The fraction of sp³-hybridized carbons (Fsp3) is 0.667. The number of hydrogen-bond donors (Lipinski definition) is 3. The Kier molecular flexibility index (Phi) is 4.18. The zero-order chi connectivity index (χ0) is 13.9. The first-order chi connectivity index (χ1) is 9.09. The molecule has 1 aromatic heterocycles. The number of H-pyrrole nitrogens is 1. The van der Waals surface area contributed by atoms with Crippen LogP contribution in [0.3, 0.4) is 0 Å². The van der Waals surface area contributed by atoms with Crippen molar-refractivity contribution in [3.63, 3.8) is 0 Å². The van der Waals surface area contributed by atoms with E-state index in [1.807, 2.05) is 14.0 Å². The Labute approximate surface area is 111 Å². The van der Waals surface area contributed by atoms with Crippen LogP contribution in [0.25, 0.3) is 0 Å². The second-order valence-corrected chi connectivity index (χ2v) is 5.03. The van der Waals surface area contributed by atoms with E-state index in [1.54, 1.807) is 0 Å². The summed E-state index contributed by atoms with van der Waals surface area (Å²) in [5, 5.41) is 18.8. The molecule has 0 aliphatic carbocycles. The number of carbonyl (C=O) groups is 1. The molecular weight excluding hydrogens is 248 g/mol. The minimum Gasteiger partial charge on any atom is -0.394 e. The number of aliphatic hydroxyl groups excluding tert-OH is 1. The molecule has 1 amide bonds. The van der Waals surface area contributed by atoms with Gasteiger partial charge in [-0.1, -0.05) is 0 Å². The predicted molar refractivity (Wildman–Crippen MR) is 68.8 cm³/mol. The van der Waals surface area contributed by atoms with E-state index in [1.165, 1.54) is 12.4 Å². The number of nitrogens with zero attached hydrogens (tertiary/aromatic N) is 2. The van der Waals surface area contributed by atoms with Gasteiger partial charge in [-0.2, -0.15) is 5.10 Å². The lowest BCUT2D eigenvalue weighted by Gasteiger charge is -2.47. The molecular formula is C12H20N4O3. The van der Waals surface area contributed by atoms with E-state index >= 15 is 0 Å². The first kappa shape index (κ1) is 14.0. The third kappa shape index (κ3) is 2.78. The minimum absolute atomic E-state index is 0.0699. The molecule has 2 heterocycles. The van der Waals surface area contributed by atoms with Gasteiger partial charge >= 0.3 is 0 Å². The fourth-order valence-corrected chi connectivity index (χ4v) is 2.21. The van der Waals surface area contributed by atoms with E-state index < -0.39 is 5.54 Å². The predicted octanol–water partition coefficient (Wildman–Crippen LogP) is -0.779. The van der Waals surface area contributed by atoms with Gasteiger partial charge in [0, 0.05) is 18.8 Å². The van der Waals surface area contributed by atoms with Crippen LogP contribution in [0.15, 0.2) is 12.4 Å². The van der Waals surface area contributed by atoms with E-state index in [0.29, 0.717) is 25.3 Å². The topological polar surface area (TPSA) is 90.5 Å². The maximum Gasteiger partial charge on any atom is 0.254 e. The van der Waals surface area contributed by atoms with Crippen molar-refractivity contribution in [1.29, 1.82) is 0 Å². The smallest absolute Gasteiger partial charge is 0.254 e. The van der Waals surface area contributed by atoms with Crippen molar-refractivity contribution in [3.05, 3.63) is 18.0 Å². The second kappa shape index (κ2) is 5.68. The first-order valence-electron chi connectivity index (χ1n) is 6.27. The average Bonchev–Trinajstić information content (AvgIpc) is 2.94. The van der Waals surface area contributed by atoms with E-state index in [4.69, 9.17) is 4.74 Å². The highest BCUT2D eigenvalue weighted by Crippen LogP contribution is 2.21. The van der Waals surface area contributed by atoms with Crippen LogP contribution < -0.4 is 5.32 Å². The Morgan fingerprint density at radius 1 is 1.79 bits per heavy atom. The average molecular weight is 268 g/mol. The number of morpholine rings is 1. The van der Waals surface area contributed by atoms with E-state index in [-0.39, 0.29) is 18.6 Å². The van der Waals surface area contributed by atoms with Crippen LogP contribution in [0.2, 0.25) is 0 Å². The van der Waals surface area contributed by atoms with Crippen molar-refractivity contribution in [2.24, 2.45) is 0 Å². The number of hydrogen-bond acceptors (Lipinski definition) is 5. The van der Waals surface area contributed by atoms with Gasteiger partial charge in [-0.05, 0) is 14.0 Å². The summed E-state index contributed by atoms with van der Waals surface area (Å²) in [5.41, 5.74) is -0.0997. The minimum atomic E-state index is -0.572. The Hall–Kier alpha value is -1.44. The molecule has 2 atom stereocenters. The summed E-state index contributed by atoms with van der Waals surface area (Å²) in [6, 6.07) is 0.201. The van der Waals surface area contributed by atoms with Crippen molar-refractivity contribution in [1.82, 2.24) is 20.4 Å². The van der Waals surface area contributed by atoms with Gasteiger partial charge in [0.1, 0.15) is 0 Å². The quantitative estimate of drug-likeness (QED) is 0.666. The molecule has 106 valence electrons. The maximum atomic E-state index is 11.9. The van der Waals surface area contributed by atoms with Gasteiger partial charge in [0.25, 0.3) is 5.91 Å². The molecule has 0 bridgehead atoms. The number of ether oxygens (including phenoxy) is 1.